The molecule has 3 aromatic carbocycles. The maximum Gasteiger partial charge on any atom is -0.0501 e. The van der Waals surface area contributed by atoms with Crippen LogP contribution in [0.4, 0.5) is 0 Å². The van der Waals surface area contributed by atoms with Crippen molar-refractivity contribution >= 4 is 14.5 Å². The summed E-state index contributed by atoms with van der Waals surface area (Å²) in [5, 5.41) is 4.26. The Bertz CT molecular complexity index is 1160. The van der Waals surface area contributed by atoms with Crippen molar-refractivity contribution in [2.24, 2.45) is 0 Å². The minimum atomic E-state index is 0. The summed E-state index contributed by atoms with van der Waals surface area (Å²) < 4.78 is 1.51. The van der Waals surface area contributed by atoms with E-state index in [4.69, 9.17) is 0 Å². The molecule has 196 valence electrons. The summed E-state index contributed by atoms with van der Waals surface area (Å²) in [6, 6.07) is 25.6. The van der Waals surface area contributed by atoms with E-state index in [-0.39, 0.29) is 35.6 Å². The smallest absolute Gasteiger partial charge is 0.0501 e. The van der Waals surface area contributed by atoms with Gasteiger partial charge in [-0.2, -0.15) is 41.5 Å². The minimum absolute atomic E-state index is 0. The van der Waals surface area contributed by atoms with Gasteiger partial charge in [0.05, 0.1) is 0 Å². The molecule has 0 bridgehead atoms. The third-order valence-corrected chi connectivity index (χ3v) is 6.73. The molecule has 1 aliphatic rings. The molecule has 0 saturated heterocycles. The molecule has 0 aliphatic heterocycles. The molecule has 0 atom stereocenters. The van der Waals surface area contributed by atoms with Crippen LogP contribution in [-0.2, 0) is 41.5 Å². The van der Waals surface area contributed by atoms with Crippen molar-refractivity contribution in [3.8, 4) is 22.3 Å². The first kappa shape index (κ1) is 33.9. The molecule has 0 amide bonds. The van der Waals surface area contributed by atoms with Gasteiger partial charge in [0.25, 0.3) is 0 Å². The zero-order chi connectivity index (χ0) is 25.8. The van der Waals surface area contributed by atoms with Crippen LogP contribution in [-0.4, -0.2) is 3.21 Å². The number of rotatable bonds is 1. The van der Waals surface area contributed by atoms with Crippen LogP contribution in [0.25, 0.3) is 22.3 Å². The molecule has 0 nitrogen and oxygen atoms in total. The summed E-state index contributed by atoms with van der Waals surface area (Å²) in [4.78, 5) is 0. The van der Waals surface area contributed by atoms with Crippen LogP contribution in [0.1, 0.15) is 77.6 Å². The van der Waals surface area contributed by atoms with Gasteiger partial charge in [0, 0.05) is 0 Å². The van der Waals surface area contributed by atoms with Crippen molar-refractivity contribution in [3.05, 3.63) is 99.7 Å². The molecule has 4 heteroatoms. The van der Waals surface area contributed by atoms with Gasteiger partial charge >= 0.3 is 41.3 Å². The normalized spacial score (nSPS) is 11.4. The Morgan fingerprint density at radius 2 is 1.43 bits per heavy atom. The first-order chi connectivity index (χ1) is 16.4. The fourth-order valence-electron chi connectivity index (χ4n) is 3.98. The van der Waals surface area contributed by atoms with E-state index < -0.39 is 0 Å². The van der Waals surface area contributed by atoms with E-state index in [1.54, 1.807) is 35.6 Å². The molecule has 0 N–H and O–H groups in total. The number of fused-ring (bicyclic) bond motifs is 3. The largest absolute Gasteiger partial charge is 1.00 e. The van der Waals surface area contributed by atoms with E-state index in [1.807, 2.05) is 0 Å². The fourth-order valence-corrected chi connectivity index (χ4v) is 4.64. The number of benzene rings is 2. The van der Waals surface area contributed by atoms with Gasteiger partial charge in [-0.3, -0.25) is 0 Å². The van der Waals surface area contributed by atoms with Crippen LogP contribution in [0.15, 0.2) is 71.4 Å². The Morgan fingerprint density at radius 1 is 0.865 bits per heavy atom. The summed E-state index contributed by atoms with van der Waals surface area (Å²) in [5.41, 5.74) is 11.4. The van der Waals surface area contributed by atoms with E-state index in [0.29, 0.717) is 0 Å². The third kappa shape index (κ3) is 9.51. The topological polar surface area (TPSA) is 0 Å². The Hall–Kier alpha value is -1.18. The van der Waals surface area contributed by atoms with Crippen LogP contribution in [0, 0.1) is 6.07 Å². The van der Waals surface area contributed by atoms with Gasteiger partial charge in [0.2, 0.25) is 0 Å². The van der Waals surface area contributed by atoms with E-state index in [9.17, 15) is 0 Å². The van der Waals surface area contributed by atoms with Gasteiger partial charge in [-0.05, 0) is 17.4 Å². The number of hydrogen-bond acceptors (Lipinski definition) is 1. The molecular formula is C33H38Cl2SZr-2. The SMILES string of the molecule is CC(C)(C)c1c[c-]c2c(c1)-c1cc(C(C)(C)C)ccc1C2.C[C](C)=[Zr+2].[Cl-].[Cl-].c1cc[c-](-c2ccsc2)c1. The number of hydrogen-bond donors (Lipinski definition) is 0. The predicted molar refractivity (Wildman–Crippen MR) is 153 cm³/mol. The van der Waals surface area contributed by atoms with E-state index in [2.05, 4.69) is 133 Å². The van der Waals surface area contributed by atoms with E-state index in [0.717, 1.165) is 6.42 Å². The van der Waals surface area contributed by atoms with Crippen LogP contribution in [0.2, 0.25) is 0 Å². The predicted octanol–water partition coefficient (Wildman–Crippen LogP) is 3.54. The summed E-state index contributed by atoms with van der Waals surface area (Å²) in [6.45, 7) is 17.9. The van der Waals surface area contributed by atoms with E-state index in [1.165, 1.54) is 47.7 Å². The van der Waals surface area contributed by atoms with Crippen molar-refractivity contribution in [1.82, 2.24) is 0 Å². The Balaban J connectivity index is 0.000000358. The molecule has 4 aromatic rings. The molecule has 0 fully saturated rings. The van der Waals surface area contributed by atoms with Crippen LogP contribution >= 0.6 is 11.3 Å². The fraction of sp³-hybridized carbons (Fsp3) is 0.333. The monoisotopic (exact) mass is 626 g/mol. The zero-order valence-corrected chi connectivity index (χ0v) is 28.1. The van der Waals surface area contributed by atoms with Crippen LogP contribution < -0.4 is 24.8 Å². The van der Waals surface area contributed by atoms with Crippen molar-refractivity contribution in [3.63, 3.8) is 0 Å². The standard InChI is InChI=1S/C21H25.C9H7S.C3H6.2ClH.Zr/c1-20(2,3)16-9-7-14-11-15-8-10-17(21(4,5)6)13-19(15)18(14)12-16;1-2-4-8(3-1)9-5-6-10-7-9;1-3-2;;;/h7,9-10,12-13H,11H2,1-6H3;1-7H;1-2H3;2*1H;/q2*-1;;;;+2/p-2. The van der Waals surface area contributed by atoms with Crippen molar-refractivity contribution in [2.75, 3.05) is 0 Å². The molecular weight excluding hydrogens is 591 g/mol. The number of thiophene rings is 1. The Labute approximate surface area is 256 Å². The summed E-state index contributed by atoms with van der Waals surface area (Å²) >= 11 is 3.29. The molecule has 1 aliphatic carbocycles. The second-order valence-corrected chi connectivity index (χ2v) is 14.8. The van der Waals surface area contributed by atoms with Crippen molar-refractivity contribution in [2.45, 2.75) is 72.6 Å². The summed E-state index contributed by atoms with van der Waals surface area (Å²) in [7, 11) is 0. The molecule has 0 saturated carbocycles. The average Bonchev–Trinajstić information content (AvgIpc) is 3.51. The van der Waals surface area contributed by atoms with E-state index >= 15 is 0 Å². The Kier molecular flexibility index (Phi) is 13.1. The molecule has 1 heterocycles. The molecule has 5 rings (SSSR count). The zero-order valence-electron chi connectivity index (χ0n) is 23.3. The van der Waals surface area contributed by atoms with Crippen LogP contribution in [0.5, 0.6) is 0 Å². The van der Waals surface area contributed by atoms with Gasteiger partial charge in [-0.15, -0.1) is 29.3 Å². The van der Waals surface area contributed by atoms with Crippen molar-refractivity contribution < 1.29 is 49.0 Å². The van der Waals surface area contributed by atoms with Gasteiger partial charge in [-0.25, -0.2) is 11.3 Å². The number of halogens is 2. The first-order valence-corrected chi connectivity index (χ1v) is 14.5. The minimum Gasteiger partial charge on any atom is -1.00 e. The first-order valence-electron chi connectivity index (χ1n) is 12.3. The molecule has 37 heavy (non-hydrogen) atoms. The van der Waals surface area contributed by atoms with Crippen LogP contribution in [0.3, 0.4) is 0 Å². The maximum atomic E-state index is 3.53. The van der Waals surface area contributed by atoms with Gasteiger partial charge in [0.15, 0.2) is 0 Å². The second kappa shape index (κ2) is 14.3. The Morgan fingerprint density at radius 3 is 1.95 bits per heavy atom. The average molecular weight is 629 g/mol. The molecule has 0 spiro atoms. The molecule has 0 unspecified atom stereocenters. The molecule has 0 radical (unpaired) electrons. The van der Waals surface area contributed by atoms with Crippen molar-refractivity contribution in [1.29, 1.82) is 0 Å². The summed E-state index contributed by atoms with van der Waals surface area (Å²) in [5.74, 6) is 0. The summed E-state index contributed by atoms with van der Waals surface area (Å²) in [6.07, 6.45) is 1.03. The van der Waals surface area contributed by atoms with Gasteiger partial charge in [-0.1, -0.05) is 92.6 Å². The van der Waals surface area contributed by atoms with Gasteiger partial charge < -0.3 is 24.8 Å². The van der Waals surface area contributed by atoms with Gasteiger partial charge in [0.1, 0.15) is 0 Å². The second-order valence-electron chi connectivity index (χ2n) is 11.5. The quantitative estimate of drug-likeness (QED) is 0.250. The third-order valence-electron chi connectivity index (χ3n) is 6.04. The molecule has 1 aromatic heterocycles. The maximum absolute atomic E-state index is 3.53.